The van der Waals surface area contributed by atoms with Gasteiger partial charge in [0.2, 0.25) is 0 Å². The molecule has 1 fully saturated rings. The molecule has 1 aliphatic rings. The molecule has 1 atom stereocenters. The average molecular weight is 278 g/mol. The topological polar surface area (TPSA) is 33.7 Å². The second kappa shape index (κ2) is 7.50. The molecule has 2 rings (SSSR count). The van der Waals surface area contributed by atoms with Crippen molar-refractivity contribution < 1.29 is 9.47 Å². The number of benzene rings is 1. The minimum Gasteiger partial charge on any atom is -0.493 e. The van der Waals surface area contributed by atoms with Crippen molar-refractivity contribution in [1.82, 2.24) is 10.2 Å². The van der Waals surface area contributed by atoms with Crippen LogP contribution < -0.4 is 14.8 Å². The number of hydrogen-bond donors (Lipinski definition) is 1. The summed E-state index contributed by atoms with van der Waals surface area (Å²) < 4.78 is 10.6. The van der Waals surface area contributed by atoms with E-state index in [0.717, 1.165) is 24.6 Å². The molecule has 1 heterocycles. The van der Waals surface area contributed by atoms with Crippen molar-refractivity contribution >= 4 is 0 Å². The number of rotatable bonds is 6. The number of likely N-dealkylation sites (tertiary alicyclic amines) is 1. The van der Waals surface area contributed by atoms with Crippen molar-refractivity contribution in [3.8, 4) is 11.5 Å². The molecule has 0 aliphatic carbocycles. The summed E-state index contributed by atoms with van der Waals surface area (Å²) in [6.45, 7) is 3.14. The van der Waals surface area contributed by atoms with Crippen molar-refractivity contribution in [2.24, 2.45) is 0 Å². The quantitative estimate of drug-likeness (QED) is 0.865. The number of nitrogens with zero attached hydrogens (tertiary/aromatic N) is 1. The van der Waals surface area contributed by atoms with Crippen LogP contribution in [0.3, 0.4) is 0 Å². The molecule has 0 amide bonds. The van der Waals surface area contributed by atoms with Gasteiger partial charge in [-0.05, 0) is 44.1 Å². The van der Waals surface area contributed by atoms with Crippen molar-refractivity contribution in [3.63, 3.8) is 0 Å². The van der Waals surface area contributed by atoms with Crippen molar-refractivity contribution in [2.75, 3.05) is 34.4 Å². The van der Waals surface area contributed by atoms with Gasteiger partial charge in [0, 0.05) is 19.1 Å². The summed E-state index contributed by atoms with van der Waals surface area (Å²) >= 11 is 0. The molecular formula is C16H26N2O2. The molecule has 112 valence electrons. The van der Waals surface area contributed by atoms with Gasteiger partial charge in [0.15, 0.2) is 11.5 Å². The van der Waals surface area contributed by atoms with Gasteiger partial charge in [0.05, 0.1) is 14.2 Å². The predicted molar refractivity (Wildman–Crippen MR) is 81.5 cm³/mol. The fourth-order valence-corrected chi connectivity index (χ4v) is 2.78. The highest BCUT2D eigenvalue weighted by atomic mass is 16.5. The summed E-state index contributed by atoms with van der Waals surface area (Å²) in [5.74, 6) is 1.57. The second-order valence-corrected chi connectivity index (χ2v) is 5.45. The van der Waals surface area contributed by atoms with Crippen LogP contribution in [0.1, 0.15) is 24.8 Å². The molecule has 0 bridgehead atoms. The summed E-state index contributed by atoms with van der Waals surface area (Å²) in [6, 6.07) is 6.75. The van der Waals surface area contributed by atoms with Crippen LogP contribution >= 0.6 is 0 Å². The molecule has 0 spiro atoms. The largest absolute Gasteiger partial charge is 0.493 e. The van der Waals surface area contributed by atoms with E-state index in [1.807, 2.05) is 12.1 Å². The lowest BCUT2D eigenvalue weighted by molar-refractivity contribution is 0.181. The number of piperidine rings is 1. The highest BCUT2D eigenvalue weighted by Gasteiger charge is 2.17. The van der Waals surface area contributed by atoms with Gasteiger partial charge in [-0.3, -0.25) is 0 Å². The standard InChI is InChI=1S/C16H26N2O2/c1-18-9-5-4-6-14(18)12-17-11-13-7-8-15(19-2)16(10-13)20-3/h7-8,10,14,17H,4-6,9,11-12H2,1-3H3. The van der Waals surface area contributed by atoms with E-state index in [2.05, 4.69) is 23.3 Å². The van der Waals surface area contributed by atoms with Crippen LogP contribution in [0.5, 0.6) is 11.5 Å². The Morgan fingerprint density at radius 3 is 2.70 bits per heavy atom. The van der Waals surface area contributed by atoms with Gasteiger partial charge in [-0.25, -0.2) is 0 Å². The minimum atomic E-state index is 0.670. The number of ether oxygens (including phenoxy) is 2. The maximum Gasteiger partial charge on any atom is 0.161 e. The third kappa shape index (κ3) is 3.87. The van der Waals surface area contributed by atoms with Gasteiger partial charge in [-0.2, -0.15) is 0 Å². The van der Waals surface area contributed by atoms with Crippen LogP contribution in [0.4, 0.5) is 0 Å². The van der Waals surface area contributed by atoms with E-state index in [4.69, 9.17) is 9.47 Å². The van der Waals surface area contributed by atoms with Crippen LogP contribution in [-0.4, -0.2) is 45.3 Å². The third-order valence-electron chi connectivity index (χ3n) is 4.08. The number of hydrogen-bond acceptors (Lipinski definition) is 4. The van der Waals surface area contributed by atoms with E-state index >= 15 is 0 Å². The summed E-state index contributed by atoms with van der Waals surface area (Å²) in [4.78, 5) is 2.46. The monoisotopic (exact) mass is 278 g/mol. The van der Waals surface area contributed by atoms with Crippen LogP contribution in [0.25, 0.3) is 0 Å². The summed E-state index contributed by atoms with van der Waals surface area (Å²) in [5.41, 5.74) is 1.22. The zero-order valence-corrected chi connectivity index (χ0v) is 12.8. The van der Waals surface area contributed by atoms with Gasteiger partial charge >= 0.3 is 0 Å². The molecule has 1 aromatic carbocycles. The highest BCUT2D eigenvalue weighted by molar-refractivity contribution is 5.42. The minimum absolute atomic E-state index is 0.670. The van der Waals surface area contributed by atoms with Gasteiger partial charge in [0.1, 0.15) is 0 Å². The van der Waals surface area contributed by atoms with Crippen LogP contribution in [0.15, 0.2) is 18.2 Å². The Hall–Kier alpha value is -1.26. The van der Waals surface area contributed by atoms with E-state index in [1.54, 1.807) is 14.2 Å². The molecular weight excluding hydrogens is 252 g/mol. The SMILES string of the molecule is COc1ccc(CNCC2CCCCN2C)cc1OC. The molecule has 1 saturated heterocycles. The van der Waals surface area contributed by atoms with E-state index in [-0.39, 0.29) is 0 Å². The fourth-order valence-electron chi connectivity index (χ4n) is 2.78. The molecule has 4 nitrogen and oxygen atoms in total. The van der Waals surface area contributed by atoms with E-state index < -0.39 is 0 Å². The Kier molecular flexibility index (Phi) is 5.68. The highest BCUT2D eigenvalue weighted by Crippen LogP contribution is 2.27. The van der Waals surface area contributed by atoms with Gasteiger partial charge in [-0.1, -0.05) is 12.5 Å². The van der Waals surface area contributed by atoms with Crippen molar-refractivity contribution in [3.05, 3.63) is 23.8 Å². The van der Waals surface area contributed by atoms with Gasteiger partial charge < -0.3 is 19.7 Å². The number of likely N-dealkylation sites (N-methyl/N-ethyl adjacent to an activating group) is 1. The average Bonchev–Trinajstić information content (AvgIpc) is 2.49. The van der Waals surface area contributed by atoms with E-state index in [1.165, 1.54) is 31.4 Å². The zero-order valence-electron chi connectivity index (χ0n) is 12.8. The summed E-state index contributed by atoms with van der Waals surface area (Å²) in [5, 5.41) is 3.55. The molecule has 1 aliphatic heterocycles. The Morgan fingerprint density at radius 1 is 1.20 bits per heavy atom. The zero-order chi connectivity index (χ0) is 14.4. The van der Waals surface area contributed by atoms with E-state index in [0.29, 0.717) is 6.04 Å². The van der Waals surface area contributed by atoms with Gasteiger partial charge in [-0.15, -0.1) is 0 Å². The molecule has 0 radical (unpaired) electrons. The van der Waals surface area contributed by atoms with Crippen LogP contribution in [-0.2, 0) is 6.54 Å². The lowest BCUT2D eigenvalue weighted by atomic mass is 10.0. The first kappa shape index (κ1) is 15.1. The van der Waals surface area contributed by atoms with E-state index in [9.17, 15) is 0 Å². The molecule has 1 aromatic rings. The predicted octanol–water partition coefficient (Wildman–Crippen LogP) is 2.28. The maximum absolute atomic E-state index is 5.33. The summed E-state index contributed by atoms with van der Waals surface area (Å²) in [6.07, 6.45) is 3.99. The lowest BCUT2D eigenvalue weighted by Gasteiger charge is -2.32. The first-order valence-corrected chi connectivity index (χ1v) is 7.36. The first-order valence-electron chi connectivity index (χ1n) is 7.36. The Bertz CT molecular complexity index is 423. The molecule has 0 aromatic heterocycles. The maximum atomic E-state index is 5.33. The lowest BCUT2D eigenvalue weighted by Crippen LogP contribution is -2.42. The van der Waals surface area contributed by atoms with Crippen LogP contribution in [0, 0.1) is 0 Å². The van der Waals surface area contributed by atoms with Crippen molar-refractivity contribution in [1.29, 1.82) is 0 Å². The smallest absolute Gasteiger partial charge is 0.161 e. The molecule has 20 heavy (non-hydrogen) atoms. The first-order chi connectivity index (χ1) is 9.74. The summed E-state index contributed by atoms with van der Waals surface area (Å²) in [7, 11) is 5.56. The Labute approximate surface area is 122 Å². The van der Waals surface area contributed by atoms with Crippen molar-refractivity contribution in [2.45, 2.75) is 31.8 Å². The second-order valence-electron chi connectivity index (χ2n) is 5.45. The number of nitrogens with one attached hydrogen (secondary N) is 1. The van der Waals surface area contributed by atoms with Crippen LogP contribution in [0.2, 0.25) is 0 Å². The Balaban J connectivity index is 1.84. The molecule has 0 saturated carbocycles. The fraction of sp³-hybridized carbons (Fsp3) is 0.625. The third-order valence-corrected chi connectivity index (χ3v) is 4.08. The number of methoxy groups -OCH3 is 2. The molecule has 1 N–H and O–H groups in total. The Morgan fingerprint density at radius 2 is 2.00 bits per heavy atom. The normalized spacial score (nSPS) is 19.9. The molecule has 1 unspecified atom stereocenters. The van der Waals surface area contributed by atoms with Gasteiger partial charge in [0.25, 0.3) is 0 Å². The molecule has 4 heteroatoms.